The highest BCUT2D eigenvalue weighted by Gasteiger charge is 2.38. The third kappa shape index (κ3) is 5.28. The number of ether oxygens (including phenoxy) is 1. The molecule has 1 fully saturated rings. The smallest absolute Gasteiger partial charge is 0.407 e. The molecule has 1 atom stereocenters. The van der Waals surface area contributed by atoms with Gasteiger partial charge in [0.05, 0.1) is 47.0 Å². The standard InChI is InChI=1S/C30H30F2N6O7/c1-15(2)23-25(16(3)8-9-33-23)37-28-18(12-20(32)24(34-28)22-19(31)6-5-7-21(22)45-4)26(27(29(37)40)38(43)44)36-11-10-35(30(41)42)13-17(36)14-39/h5-9,12,15,17,39H,10-11,13-14H2,1-4H3,(H,41,42)/t17-/m1/s1. The zero-order chi connectivity index (χ0) is 32.7. The lowest BCUT2D eigenvalue weighted by molar-refractivity contribution is -0.385. The summed E-state index contributed by atoms with van der Waals surface area (Å²) in [5, 5.41) is 32.3. The van der Waals surface area contributed by atoms with Gasteiger partial charge in [0.1, 0.15) is 22.9 Å². The van der Waals surface area contributed by atoms with Crippen LogP contribution in [0, 0.1) is 28.7 Å². The van der Waals surface area contributed by atoms with Gasteiger partial charge >= 0.3 is 17.3 Å². The van der Waals surface area contributed by atoms with Crippen molar-refractivity contribution in [1.82, 2.24) is 19.4 Å². The number of anilines is 1. The van der Waals surface area contributed by atoms with Crippen molar-refractivity contribution in [3.63, 3.8) is 0 Å². The number of rotatable bonds is 7. The lowest BCUT2D eigenvalue weighted by Gasteiger charge is -2.41. The Balaban J connectivity index is 1.98. The first kappa shape index (κ1) is 31.3. The summed E-state index contributed by atoms with van der Waals surface area (Å²) in [4.78, 5) is 49.1. The number of amides is 1. The molecule has 1 aliphatic heterocycles. The van der Waals surface area contributed by atoms with Crippen molar-refractivity contribution in [2.24, 2.45) is 0 Å². The Morgan fingerprint density at radius 2 is 1.93 bits per heavy atom. The fraction of sp³-hybridized carbons (Fsp3) is 0.333. The minimum absolute atomic E-state index is 0.0395. The van der Waals surface area contributed by atoms with Crippen molar-refractivity contribution >= 4 is 28.5 Å². The Bertz CT molecular complexity index is 1900. The third-order valence-corrected chi connectivity index (χ3v) is 7.84. The largest absolute Gasteiger partial charge is 0.496 e. The molecule has 2 N–H and O–H groups in total. The number of fused-ring (bicyclic) bond motifs is 1. The van der Waals surface area contributed by atoms with Gasteiger partial charge in [0.2, 0.25) is 0 Å². The number of carbonyl (C=O) groups is 1. The van der Waals surface area contributed by atoms with Crippen LogP contribution in [0.15, 0.2) is 41.3 Å². The van der Waals surface area contributed by atoms with Gasteiger partial charge in [-0.05, 0) is 42.7 Å². The lowest BCUT2D eigenvalue weighted by Crippen LogP contribution is -2.56. The molecule has 13 nitrogen and oxygen atoms in total. The van der Waals surface area contributed by atoms with Crippen LogP contribution in [0.4, 0.5) is 25.0 Å². The van der Waals surface area contributed by atoms with Crippen LogP contribution in [0.1, 0.15) is 31.0 Å². The number of halogens is 2. The van der Waals surface area contributed by atoms with E-state index in [0.717, 1.165) is 21.6 Å². The molecule has 1 aromatic carbocycles. The Morgan fingerprint density at radius 3 is 2.56 bits per heavy atom. The van der Waals surface area contributed by atoms with Crippen molar-refractivity contribution in [2.45, 2.75) is 32.7 Å². The molecule has 4 aromatic rings. The molecule has 0 spiro atoms. The van der Waals surface area contributed by atoms with Gasteiger partial charge < -0.3 is 24.7 Å². The SMILES string of the molecule is COc1cccc(F)c1-c1nc2c(cc1F)c(N1CCN(C(=O)O)C[C@@H]1CO)c([N+](=O)[O-])c(=O)n2-c1c(C)ccnc1C(C)C. The molecule has 45 heavy (non-hydrogen) atoms. The van der Waals surface area contributed by atoms with Crippen molar-refractivity contribution < 1.29 is 33.4 Å². The highest BCUT2D eigenvalue weighted by atomic mass is 19.1. The Hall–Kier alpha value is -5.18. The van der Waals surface area contributed by atoms with Crippen LogP contribution < -0.4 is 15.2 Å². The topological polar surface area (TPSA) is 164 Å². The second-order valence-corrected chi connectivity index (χ2v) is 10.9. The summed E-state index contributed by atoms with van der Waals surface area (Å²) in [6.07, 6.45) is 0.271. The van der Waals surface area contributed by atoms with E-state index in [0.29, 0.717) is 11.3 Å². The number of methoxy groups -OCH3 is 1. The van der Waals surface area contributed by atoms with E-state index in [9.17, 15) is 29.9 Å². The van der Waals surface area contributed by atoms with Crippen molar-refractivity contribution in [2.75, 3.05) is 38.3 Å². The molecular formula is C30H30F2N6O7. The maximum absolute atomic E-state index is 16.1. The van der Waals surface area contributed by atoms with Gasteiger partial charge in [-0.1, -0.05) is 19.9 Å². The summed E-state index contributed by atoms with van der Waals surface area (Å²) in [6, 6.07) is 5.39. The number of aromatic nitrogens is 3. The lowest BCUT2D eigenvalue weighted by atomic mass is 10.0. The van der Waals surface area contributed by atoms with Crippen molar-refractivity contribution in [3.8, 4) is 22.7 Å². The fourth-order valence-electron chi connectivity index (χ4n) is 5.76. The van der Waals surface area contributed by atoms with E-state index in [1.54, 1.807) is 13.0 Å². The van der Waals surface area contributed by atoms with Crippen LogP contribution in [0.3, 0.4) is 0 Å². The number of benzene rings is 1. The van der Waals surface area contributed by atoms with Crippen molar-refractivity contribution in [1.29, 1.82) is 0 Å². The van der Waals surface area contributed by atoms with Crippen LogP contribution in [0.2, 0.25) is 0 Å². The number of piperazine rings is 1. The van der Waals surface area contributed by atoms with Gasteiger partial charge in [-0.2, -0.15) is 0 Å². The molecule has 1 amide bonds. The van der Waals surface area contributed by atoms with E-state index in [-0.39, 0.29) is 59.3 Å². The zero-order valence-corrected chi connectivity index (χ0v) is 24.8. The van der Waals surface area contributed by atoms with Gasteiger partial charge in [-0.3, -0.25) is 24.5 Å². The van der Waals surface area contributed by atoms with E-state index in [1.165, 1.54) is 30.3 Å². The monoisotopic (exact) mass is 624 g/mol. The van der Waals surface area contributed by atoms with Crippen LogP contribution in [0.5, 0.6) is 5.75 Å². The summed E-state index contributed by atoms with van der Waals surface area (Å²) >= 11 is 0. The zero-order valence-electron chi connectivity index (χ0n) is 24.8. The predicted molar refractivity (Wildman–Crippen MR) is 160 cm³/mol. The number of hydrogen-bond donors (Lipinski definition) is 2. The molecular weight excluding hydrogens is 594 g/mol. The number of aryl methyl sites for hydroxylation is 1. The molecule has 0 radical (unpaired) electrons. The number of nitrogens with zero attached hydrogens (tertiary/aromatic N) is 6. The summed E-state index contributed by atoms with van der Waals surface area (Å²) in [5.41, 5.74) is -2.36. The average Bonchev–Trinajstić information content (AvgIpc) is 3.00. The average molecular weight is 625 g/mol. The second-order valence-electron chi connectivity index (χ2n) is 10.9. The highest BCUT2D eigenvalue weighted by molar-refractivity contribution is 5.97. The Kier molecular flexibility index (Phi) is 8.38. The number of aliphatic hydroxyl groups is 1. The first-order valence-corrected chi connectivity index (χ1v) is 14.0. The van der Waals surface area contributed by atoms with E-state index in [1.807, 2.05) is 13.8 Å². The Morgan fingerprint density at radius 1 is 1.20 bits per heavy atom. The third-order valence-electron chi connectivity index (χ3n) is 7.84. The van der Waals surface area contributed by atoms with Crippen LogP contribution >= 0.6 is 0 Å². The number of carboxylic acid groups (broad SMARTS) is 1. The van der Waals surface area contributed by atoms with Crippen LogP contribution in [-0.4, -0.2) is 80.1 Å². The van der Waals surface area contributed by atoms with E-state index in [2.05, 4.69) is 9.97 Å². The normalized spacial score (nSPS) is 15.2. The van der Waals surface area contributed by atoms with E-state index < -0.39 is 52.2 Å². The highest BCUT2D eigenvalue weighted by Crippen LogP contribution is 2.41. The first-order chi connectivity index (χ1) is 21.4. The van der Waals surface area contributed by atoms with Crippen molar-refractivity contribution in [3.05, 3.63) is 79.9 Å². The molecule has 236 valence electrons. The van der Waals surface area contributed by atoms with Crippen LogP contribution in [-0.2, 0) is 0 Å². The quantitative estimate of drug-likeness (QED) is 0.225. The van der Waals surface area contributed by atoms with Crippen LogP contribution in [0.25, 0.3) is 28.0 Å². The molecule has 0 saturated carbocycles. The number of pyridine rings is 3. The maximum atomic E-state index is 16.1. The van der Waals surface area contributed by atoms with Gasteiger partial charge in [0.15, 0.2) is 11.5 Å². The van der Waals surface area contributed by atoms with Gasteiger partial charge in [-0.15, -0.1) is 0 Å². The minimum atomic E-state index is -1.26. The summed E-state index contributed by atoms with van der Waals surface area (Å²) in [6.45, 7) is 4.16. The second kappa shape index (κ2) is 12.1. The fourth-order valence-corrected chi connectivity index (χ4v) is 5.76. The number of nitro groups is 1. The molecule has 0 aliphatic carbocycles. The van der Waals surface area contributed by atoms with E-state index >= 15 is 8.78 Å². The minimum Gasteiger partial charge on any atom is -0.496 e. The molecule has 1 aliphatic rings. The molecule has 5 rings (SSSR count). The Labute approximate surface area is 255 Å². The molecule has 3 aromatic heterocycles. The van der Waals surface area contributed by atoms with Gasteiger partial charge in [-0.25, -0.2) is 18.6 Å². The molecule has 0 bridgehead atoms. The molecule has 1 saturated heterocycles. The number of aliphatic hydroxyl groups excluding tert-OH is 1. The first-order valence-electron chi connectivity index (χ1n) is 14.0. The molecule has 15 heteroatoms. The summed E-state index contributed by atoms with van der Waals surface area (Å²) < 4.78 is 37.7. The van der Waals surface area contributed by atoms with E-state index in [4.69, 9.17) is 4.74 Å². The van der Waals surface area contributed by atoms with Gasteiger partial charge in [0.25, 0.3) is 0 Å². The number of hydrogen-bond acceptors (Lipinski definition) is 9. The predicted octanol–water partition coefficient (Wildman–Crippen LogP) is 4.24. The molecule has 0 unspecified atom stereocenters. The maximum Gasteiger partial charge on any atom is 0.407 e. The van der Waals surface area contributed by atoms with Gasteiger partial charge in [0, 0.05) is 25.8 Å². The summed E-state index contributed by atoms with van der Waals surface area (Å²) in [7, 11) is 1.27. The molecule has 4 heterocycles. The summed E-state index contributed by atoms with van der Waals surface area (Å²) in [5.74, 6) is -2.23.